The number of rotatable bonds is 8. The number of hydrogen-bond donors (Lipinski definition) is 2. The van der Waals surface area contributed by atoms with Crippen molar-refractivity contribution in [3.05, 3.63) is 70.5 Å². The molecule has 2 unspecified atom stereocenters. The third-order valence-electron chi connectivity index (χ3n) is 5.27. The van der Waals surface area contributed by atoms with E-state index < -0.39 is 6.04 Å². The molecule has 0 radical (unpaired) electrons. The maximum atomic E-state index is 13.4. The van der Waals surface area contributed by atoms with Crippen LogP contribution in [-0.4, -0.2) is 49.6 Å². The van der Waals surface area contributed by atoms with Crippen molar-refractivity contribution in [3.8, 4) is 0 Å². The first-order valence-corrected chi connectivity index (χ1v) is 10.7. The molecule has 6 nitrogen and oxygen atoms in total. The summed E-state index contributed by atoms with van der Waals surface area (Å²) in [6.07, 6.45) is 0.0977. The van der Waals surface area contributed by atoms with E-state index in [1.807, 2.05) is 0 Å². The van der Waals surface area contributed by atoms with Crippen LogP contribution < -0.4 is 10.6 Å². The lowest BCUT2D eigenvalue weighted by molar-refractivity contribution is -0.123. The van der Waals surface area contributed by atoms with E-state index in [1.54, 1.807) is 36.4 Å². The summed E-state index contributed by atoms with van der Waals surface area (Å²) in [7, 11) is 0. The Balaban J connectivity index is 1.67. The van der Waals surface area contributed by atoms with Crippen molar-refractivity contribution in [1.82, 2.24) is 15.5 Å². The molecule has 8 heteroatoms. The first-order chi connectivity index (χ1) is 14.9. The highest BCUT2D eigenvalue weighted by atomic mass is 35.5. The van der Waals surface area contributed by atoms with Crippen molar-refractivity contribution < 1.29 is 18.7 Å². The molecule has 0 bridgehead atoms. The number of benzene rings is 2. The molecule has 31 heavy (non-hydrogen) atoms. The molecule has 166 valence electrons. The predicted molar refractivity (Wildman–Crippen MR) is 117 cm³/mol. The zero-order valence-corrected chi connectivity index (χ0v) is 18.2. The molecule has 0 saturated carbocycles. The van der Waals surface area contributed by atoms with Crippen LogP contribution >= 0.6 is 11.6 Å². The predicted octanol–water partition coefficient (Wildman–Crippen LogP) is 3.24. The van der Waals surface area contributed by atoms with Gasteiger partial charge in [0.05, 0.1) is 31.7 Å². The average molecular weight is 448 g/mol. The van der Waals surface area contributed by atoms with Gasteiger partial charge in [0.2, 0.25) is 11.8 Å². The van der Waals surface area contributed by atoms with Crippen LogP contribution in [-0.2, 0) is 14.3 Å². The van der Waals surface area contributed by atoms with Crippen molar-refractivity contribution in [2.45, 2.75) is 25.4 Å². The van der Waals surface area contributed by atoms with Crippen LogP contribution in [0.1, 0.15) is 36.6 Å². The molecule has 1 aliphatic rings. The second-order valence-electron chi connectivity index (χ2n) is 7.53. The van der Waals surface area contributed by atoms with Gasteiger partial charge in [-0.15, -0.1) is 0 Å². The lowest BCUT2D eigenvalue weighted by atomic mass is 10.0. The Bertz CT molecular complexity index is 871. The summed E-state index contributed by atoms with van der Waals surface area (Å²) >= 11 is 5.95. The van der Waals surface area contributed by atoms with E-state index in [4.69, 9.17) is 16.3 Å². The van der Waals surface area contributed by atoms with Crippen molar-refractivity contribution in [2.75, 3.05) is 32.8 Å². The number of halogens is 2. The van der Waals surface area contributed by atoms with E-state index in [-0.39, 0.29) is 30.1 Å². The number of amides is 2. The molecule has 3 rings (SSSR count). The highest BCUT2D eigenvalue weighted by Crippen LogP contribution is 2.23. The Morgan fingerprint density at radius 3 is 2.29 bits per heavy atom. The van der Waals surface area contributed by atoms with Crippen molar-refractivity contribution in [3.63, 3.8) is 0 Å². The Kier molecular flexibility index (Phi) is 8.40. The molecule has 1 aliphatic heterocycles. The maximum Gasteiger partial charge on any atom is 0.222 e. The van der Waals surface area contributed by atoms with Crippen LogP contribution in [0.4, 0.5) is 4.39 Å². The van der Waals surface area contributed by atoms with E-state index >= 15 is 0 Å². The second kappa shape index (κ2) is 11.2. The number of carbonyl (C=O) groups is 2. The molecule has 1 fully saturated rings. The van der Waals surface area contributed by atoms with Gasteiger partial charge in [0, 0.05) is 31.6 Å². The lowest BCUT2D eigenvalue weighted by Gasteiger charge is -2.35. The van der Waals surface area contributed by atoms with Crippen LogP contribution in [0.15, 0.2) is 48.5 Å². The van der Waals surface area contributed by atoms with Gasteiger partial charge in [0.15, 0.2) is 0 Å². The molecule has 2 N–H and O–H groups in total. The fraction of sp³-hybridized carbons (Fsp3) is 0.391. The van der Waals surface area contributed by atoms with E-state index in [2.05, 4.69) is 15.5 Å². The van der Waals surface area contributed by atoms with Crippen LogP contribution in [0.25, 0.3) is 0 Å². The summed E-state index contributed by atoms with van der Waals surface area (Å²) in [6.45, 7) is 4.50. The first kappa shape index (κ1) is 23.2. The van der Waals surface area contributed by atoms with Crippen LogP contribution in [0.5, 0.6) is 0 Å². The summed E-state index contributed by atoms with van der Waals surface area (Å²) in [5.74, 6) is -0.700. The number of morpholine rings is 1. The minimum atomic E-state index is -0.456. The fourth-order valence-electron chi connectivity index (χ4n) is 3.69. The molecule has 2 atom stereocenters. The molecule has 2 aromatic rings. The van der Waals surface area contributed by atoms with E-state index in [9.17, 15) is 14.0 Å². The monoisotopic (exact) mass is 447 g/mol. The molecule has 2 aromatic carbocycles. The zero-order chi connectivity index (χ0) is 22.2. The fourth-order valence-corrected chi connectivity index (χ4v) is 3.82. The summed E-state index contributed by atoms with van der Waals surface area (Å²) in [5.41, 5.74) is 1.73. The third-order valence-corrected chi connectivity index (χ3v) is 5.53. The van der Waals surface area contributed by atoms with Gasteiger partial charge in [-0.2, -0.15) is 0 Å². The Morgan fingerprint density at radius 1 is 1.06 bits per heavy atom. The van der Waals surface area contributed by atoms with Gasteiger partial charge in [0.1, 0.15) is 5.82 Å². The van der Waals surface area contributed by atoms with Crippen LogP contribution in [0, 0.1) is 5.82 Å². The maximum absolute atomic E-state index is 13.4. The third kappa shape index (κ3) is 7.02. The van der Waals surface area contributed by atoms with Gasteiger partial charge in [-0.1, -0.05) is 35.9 Å². The number of carbonyl (C=O) groups excluding carboxylic acids is 2. The number of nitrogens with zero attached hydrogens (tertiary/aromatic N) is 1. The van der Waals surface area contributed by atoms with E-state index in [0.29, 0.717) is 24.8 Å². The standard InChI is InChI=1S/C23H27ClFN3O3/c1-16(29)27-21(17-2-6-19(24)7-3-17)14-23(30)26-15-22(28-10-12-31-13-11-28)18-4-8-20(25)9-5-18/h2-9,21-22H,10-15H2,1H3,(H,26,30)(H,27,29). The number of ether oxygens (including phenoxy) is 1. The summed E-state index contributed by atoms with van der Waals surface area (Å²) < 4.78 is 18.8. The minimum Gasteiger partial charge on any atom is -0.379 e. The topological polar surface area (TPSA) is 70.7 Å². The molecular weight excluding hydrogens is 421 g/mol. The largest absolute Gasteiger partial charge is 0.379 e. The molecular formula is C23H27ClFN3O3. The average Bonchev–Trinajstić information content (AvgIpc) is 2.75. The molecule has 1 heterocycles. The highest BCUT2D eigenvalue weighted by molar-refractivity contribution is 6.30. The normalized spacial score (nSPS) is 16.4. The van der Waals surface area contributed by atoms with Gasteiger partial charge < -0.3 is 15.4 Å². The molecule has 0 aromatic heterocycles. The smallest absolute Gasteiger partial charge is 0.222 e. The summed E-state index contributed by atoms with van der Waals surface area (Å²) in [6, 6.07) is 12.8. The molecule has 0 spiro atoms. The van der Waals surface area contributed by atoms with Gasteiger partial charge in [-0.25, -0.2) is 4.39 Å². The number of nitrogens with one attached hydrogen (secondary N) is 2. The van der Waals surface area contributed by atoms with Gasteiger partial charge in [-0.05, 0) is 35.4 Å². The molecule has 1 saturated heterocycles. The summed E-state index contributed by atoms with van der Waals surface area (Å²) in [5, 5.41) is 6.40. The Hall–Kier alpha value is -2.48. The summed E-state index contributed by atoms with van der Waals surface area (Å²) in [4.78, 5) is 26.6. The van der Waals surface area contributed by atoms with E-state index in [0.717, 1.165) is 24.2 Å². The number of hydrogen-bond acceptors (Lipinski definition) is 4. The minimum absolute atomic E-state index is 0.0943. The highest BCUT2D eigenvalue weighted by Gasteiger charge is 2.24. The van der Waals surface area contributed by atoms with Crippen molar-refractivity contribution in [2.24, 2.45) is 0 Å². The van der Waals surface area contributed by atoms with Crippen molar-refractivity contribution in [1.29, 1.82) is 0 Å². The van der Waals surface area contributed by atoms with Gasteiger partial charge >= 0.3 is 0 Å². The SMILES string of the molecule is CC(=O)NC(CC(=O)NCC(c1ccc(F)cc1)N1CCOCC1)c1ccc(Cl)cc1. The quantitative estimate of drug-likeness (QED) is 0.651. The molecule has 2 amide bonds. The van der Waals surface area contributed by atoms with Crippen LogP contribution in [0.2, 0.25) is 5.02 Å². The first-order valence-electron chi connectivity index (χ1n) is 10.3. The van der Waals surface area contributed by atoms with Crippen molar-refractivity contribution >= 4 is 23.4 Å². The Morgan fingerprint density at radius 2 is 1.68 bits per heavy atom. The lowest BCUT2D eigenvalue weighted by Crippen LogP contribution is -2.44. The van der Waals surface area contributed by atoms with E-state index in [1.165, 1.54) is 19.1 Å². The zero-order valence-electron chi connectivity index (χ0n) is 17.4. The second-order valence-corrected chi connectivity index (χ2v) is 7.96. The van der Waals surface area contributed by atoms with Gasteiger partial charge in [-0.3, -0.25) is 14.5 Å². The van der Waals surface area contributed by atoms with Crippen LogP contribution in [0.3, 0.4) is 0 Å². The Labute approximate surface area is 186 Å². The van der Waals surface area contributed by atoms with Gasteiger partial charge in [0.25, 0.3) is 0 Å². The molecule has 0 aliphatic carbocycles.